The van der Waals surface area contributed by atoms with E-state index in [-0.39, 0.29) is 41.5 Å². The Morgan fingerprint density at radius 1 is 0.933 bits per heavy atom. The maximum absolute atomic E-state index is 8.16. The van der Waals surface area contributed by atoms with Crippen molar-refractivity contribution < 1.29 is 31.7 Å². The molecular formula is C6H16Cl4CuO3P+. The largest absolute Gasteiger partial charge is 2.00 e. The average Bonchev–Trinajstić information content (AvgIpc) is 1.87. The molecule has 0 aliphatic heterocycles. The molecule has 0 unspecified atom stereocenters. The Morgan fingerprint density at radius 2 is 1.13 bits per heavy atom. The summed E-state index contributed by atoms with van der Waals surface area (Å²) >= 11 is 14.8. The second-order valence-corrected chi connectivity index (χ2v) is 4.45. The molecule has 9 heteroatoms. The Balaban J connectivity index is -0.0000000361. The van der Waals surface area contributed by atoms with Gasteiger partial charge in [0.25, 0.3) is 0 Å². The quantitative estimate of drug-likeness (QED) is 0.302. The van der Waals surface area contributed by atoms with Gasteiger partial charge in [-0.3, -0.25) is 0 Å². The van der Waals surface area contributed by atoms with Crippen molar-refractivity contribution in [2.45, 2.75) is 0 Å². The first-order valence-corrected chi connectivity index (χ1v) is 6.65. The number of rotatable bonds is 2. The van der Waals surface area contributed by atoms with E-state index < -0.39 is 7.94 Å². The molecule has 0 aliphatic rings. The maximum Gasteiger partial charge on any atom is 2.00 e. The van der Waals surface area contributed by atoms with Gasteiger partial charge in [-0.2, -0.15) is 37.9 Å². The molecule has 1 radical (unpaired) electrons. The predicted octanol–water partition coefficient (Wildman–Crippen LogP) is 2.50. The Kier molecular flexibility index (Phi) is 50.3. The monoisotopic (exact) mass is 370 g/mol. The van der Waals surface area contributed by atoms with Gasteiger partial charge in [-0.25, -0.2) is 0 Å². The molecule has 0 saturated carbocycles. The molecule has 3 nitrogen and oxygen atoms in total. The molecule has 0 aromatic heterocycles. The summed E-state index contributed by atoms with van der Waals surface area (Å²) < 4.78 is 0. The SMILES string of the molecule is Cl.O[P+](O)(O)CCCl.[CH2-]CCl.[CH2-]CCl.[Cu+2]. The molecule has 0 rings (SSSR count). The summed E-state index contributed by atoms with van der Waals surface area (Å²) in [6.07, 6.45) is -0.117. The van der Waals surface area contributed by atoms with Crippen LogP contribution in [-0.4, -0.2) is 38.5 Å². The van der Waals surface area contributed by atoms with Crippen molar-refractivity contribution >= 4 is 55.2 Å². The van der Waals surface area contributed by atoms with Gasteiger partial charge in [0, 0.05) is 0 Å². The third-order valence-corrected chi connectivity index (χ3v) is 1.66. The summed E-state index contributed by atoms with van der Waals surface area (Å²) in [7, 11) is -3.55. The van der Waals surface area contributed by atoms with Crippen LogP contribution in [0.2, 0.25) is 0 Å². The molecule has 0 atom stereocenters. The summed E-state index contributed by atoms with van der Waals surface area (Å²) in [6.45, 7) is 6.50. The molecule has 0 aliphatic carbocycles. The molecule has 0 saturated heterocycles. The zero-order valence-electron chi connectivity index (χ0n) is 7.88. The van der Waals surface area contributed by atoms with Crippen molar-refractivity contribution in [1.82, 2.24) is 0 Å². The van der Waals surface area contributed by atoms with Crippen molar-refractivity contribution in [3.63, 3.8) is 0 Å². The Labute approximate surface area is 124 Å². The second-order valence-electron chi connectivity index (χ2n) is 1.48. The topological polar surface area (TPSA) is 60.7 Å². The Bertz CT molecular complexity index is 85.3. The van der Waals surface area contributed by atoms with Crippen molar-refractivity contribution in [3.8, 4) is 0 Å². The summed E-state index contributed by atoms with van der Waals surface area (Å²) in [5.74, 6) is 1.03. The standard InChI is InChI=1S/C2H7ClO3P.2C2H4Cl.ClH.Cu/c3-1-2-7(4,5)6;2*1-2-3;;/h4-6H,1-2H2;2*1-2H2;1H;/q+1;2*-1;;+2. The van der Waals surface area contributed by atoms with Gasteiger partial charge in [0.15, 0.2) is 6.16 Å². The minimum absolute atomic E-state index is 0. The van der Waals surface area contributed by atoms with Gasteiger partial charge in [-0.05, 0) is 0 Å². The predicted molar refractivity (Wildman–Crippen MR) is 68.6 cm³/mol. The Morgan fingerprint density at radius 3 is 1.13 bits per heavy atom. The molecule has 0 spiro atoms. The van der Waals surface area contributed by atoms with Crippen molar-refractivity contribution in [3.05, 3.63) is 13.8 Å². The molecule has 0 bridgehead atoms. The second kappa shape index (κ2) is 25.0. The fourth-order valence-electron chi connectivity index (χ4n) is 0.113. The molecular weight excluding hydrogens is 356 g/mol. The molecule has 0 aromatic rings. The van der Waals surface area contributed by atoms with Crippen LogP contribution in [0.3, 0.4) is 0 Å². The van der Waals surface area contributed by atoms with Gasteiger partial charge in [0.05, 0.1) is 5.88 Å². The van der Waals surface area contributed by atoms with Crippen LogP contribution in [0, 0.1) is 13.8 Å². The van der Waals surface area contributed by atoms with E-state index in [0.717, 1.165) is 0 Å². The normalized spacial score (nSPS) is 8.00. The molecule has 0 aromatic carbocycles. The van der Waals surface area contributed by atoms with Crippen LogP contribution in [-0.2, 0) is 17.1 Å². The summed E-state index contributed by atoms with van der Waals surface area (Å²) in [4.78, 5) is 24.5. The molecule has 3 N–H and O–H groups in total. The average molecular weight is 373 g/mol. The molecule has 15 heavy (non-hydrogen) atoms. The van der Waals surface area contributed by atoms with Gasteiger partial charge in [0.1, 0.15) is 0 Å². The van der Waals surface area contributed by atoms with Gasteiger partial charge in [-0.1, -0.05) is 0 Å². The van der Waals surface area contributed by atoms with Crippen LogP contribution in [0.25, 0.3) is 0 Å². The van der Waals surface area contributed by atoms with Crippen LogP contribution in [0.4, 0.5) is 0 Å². The number of halogens is 4. The zero-order valence-corrected chi connectivity index (χ0v) is 12.8. The van der Waals surface area contributed by atoms with E-state index in [1.54, 1.807) is 0 Å². The number of hydrogen-bond donors (Lipinski definition) is 3. The number of hydrogen-bond acceptors (Lipinski definition) is 3. The van der Waals surface area contributed by atoms with Crippen LogP contribution >= 0.6 is 55.2 Å². The first-order chi connectivity index (χ1) is 5.89. The van der Waals surface area contributed by atoms with E-state index in [1.807, 2.05) is 0 Å². The van der Waals surface area contributed by atoms with Crippen LogP contribution in [0.1, 0.15) is 0 Å². The van der Waals surface area contributed by atoms with Gasteiger partial charge in [-0.15, -0.1) is 35.8 Å². The zero-order chi connectivity index (χ0) is 11.3. The molecule has 0 fully saturated rings. The third kappa shape index (κ3) is 87.2. The van der Waals surface area contributed by atoms with E-state index in [9.17, 15) is 0 Å². The fourth-order valence-corrected chi connectivity index (χ4v) is 1.02. The van der Waals surface area contributed by atoms with E-state index in [1.165, 1.54) is 0 Å². The van der Waals surface area contributed by atoms with Gasteiger partial charge < -0.3 is 13.8 Å². The van der Waals surface area contributed by atoms with Crippen molar-refractivity contribution in [2.24, 2.45) is 0 Å². The fraction of sp³-hybridized carbons (Fsp3) is 0.667. The summed E-state index contributed by atoms with van der Waals surface area (Å²) in [6, 6.07) is 0. The number of alkyl halides is 3. The first kappa shape index (κ1) is 30.2. The van der Waals surface area contributed by atoms with E-state index in [2.05, 4.69) is 13.8 Å². The third-order valence-electron chi connectivity index (χ3n) is 0.385. The maximum atomic E-state index is 8.16. The van der Waals surface area contributed by atoms with E-state index in [4.69, 9.17) is 49.5 Å². The summed E-state index contributed by atoms with van der Waals surface area (Å²) in [5, 5.41) is 0. The Hall–Kier alpha value is 1.99. The minimum atomic E-state index is -3.55. The molecule has 101 valence electrons. The van der Waals surface area contributed by atoms with E-state index >= 15 is 0 Å². The smallest absolute Gasteiger partial charge is 0.329 e. The van der Waals surface area contributed by atoms with Gasteiger partial charge in [0.2, 0.25) is 0 Å². The minimum Gasteiger partial charge on any atom is -0.329 e. The molecule has 0 heterocycles. The first-order valence-electron chi connectivity index (χ1n) is 3.22. The molecule has 0 amide bonds. The van der Waals surface area contributed by atoms with Gasteiger partial charge >= 0.3 is 25.0 Å². The van der Waals surface area contributed by atoms with Crippen LogP contribution in [0.15, 0.2) is 0 Å². The van der Waals surface area contributed by atoms with Crippen molar-refractivity contribution in [1.29, 1.82) is 0 Å². The summed E-state index contributed by atoms with van der Waals surface area (Å²) in [5.41, 5.74) is 0. The van der Waals surface area contributed by atoms with Crippen molar-refractivity contribution in [2.75, 3.05) is 23.8 Å². The van der Waals surface area contributed by atoms with Crippen LogP contribution in [0.5, 0.6) is 0 Å². The van der Waals surface area contributed by atoms with E-state index in [0.29, 0.717) is 11.8 Å². The van der Waals surface area contributed by atoms with Crippen LogP contribution < -0.4 is 0 Å².